The summed E-state index contributed by atoms with van der Waals surface area (Å²) in [6.07, 6.45) is 1.87. The van der Waals surface area contributed by atoms with E-state index in [0.717, 1.165) is 31.7 Å². The molecule has 0 aliphatic rings. The third-order valence-corrected chi connectivity index (χ3v) is 5.00. The Labute approximate surface area is 174 Å². The van der Waals surface area contributed by atoms with Crippen LogP contribution in [0.4, 0.5) is 5.69 Å². The Morgan fingerprint density at radius 1 is 1.00 bits per heavy atom. The lowest BCUT2D eigenvalue weighted by atomic mass is 10.1. The second-order valence-electron chi connectivity index (χ2n) is 6.36. The van der Waals surface area contributed by atoms with Gasteiger partial charge in [-0.1, -0.05) is 42.5 Å². The van der Waals surface area contributed by atoms with Gasteiger partial charge in [0.15, 0.2) is 11.5 Å². The summed E-state index contributed by atoms with van der Waals surface area (Å²) in [5, 5.41) is 0. The van der Waals surface area contributed by atoms with Crippen molar-refractivity contribution in [1.29, 1.82) is 0 Å². The van der Waals surface area contributed by atoms with Gasteiger partial charge in [0, 0.05) is 6.21 Å². The number of aliphatic imine (C=N–C) groups is 1. The first-order chi connectivity index (χ1) is 13.1. The maximum Gasteiger partial charge on any atom is 0.174 e. The highest BCUT2D eigenvalue weighted by Gasteiger charge is 2.11. The summed E-state index contributed by atoms with van der Waals surface area (Å²) < 4.78 is 12.6. The number of rotatable bonds is 6. The molecule has 0 aliphatic carbocycles. The molecular weight excluding hydrogens is 449 g/mol. The average molecular weight is 471 g/mol. The molecule has 0 N–H and O–H groups in total. The number of aryl methyl sites for hydroxylation is 2. The normalized spacial score (nSPS) is 11.0. The van der Waals surface area contributed by atoms with Crippen LogP contribution in [-0.4, -0.2) is 13.3 Å². The summed E-state index contributed by atoms with van der Waals surface area (Å²) in [7, 11) is 1.66. The van der Waals surface area contributed by atoms with Crippen LogP contribution in [-0.2, 0) is 6.61 Å². The van der Waals surface area contributed by atoms with Crippen molar-refractivity contribution in [2.75, 3.05) is 7.11 Å². The summed E-state index contributed by atoms with van der Waals surface area (Å²) in [5.74, 6) is 1.46. The second kappa shape index (κ2) is 9.04. The van der Waals surface area contributed by atoms with Crippen molar-refractivity contribution in [3.8, 4) is 11.5 Å². The fourth-order valence-corrected chi connectivity index (χ4v) is 3.47. The molecule has 0 radical (unpaired) electrons. The molecule has 0 saturated carbocycles. The lowest BCUT2D eigenvalue weighted by Gasteiger charge is -2.13. The van der Waals surface area contributed by atoms with E-state index in [9.17, 15) is 0 Å². The van der Waals surface area contributed by atoms with Crippen molar-refractivity contribution in [1.82, 2.24) is 0 Å². The Morgan fingerprint density at radius 2 is 1.78 bits per heavy atom. The minimum Gasteiger partial charge on any atom is -0.493 e. The molecule has 4 heteroatoms. The maximum absolute atomic E-state index is 6.02. The molecule has 3 aromatic carbocycles. The Hall–Kier alpha value is -2.34. The number of benzene rings is 3. The molecule has 27 heavy (non-hydrogen) atoms. The van der Waals surface area contributed by atoms with Gasteiger partial charge in [-0.05, 0) is 76.9 Å². The van der Waals surface area contributed by atoms with E-state index in [-0.39, 0.29) is 0 Å². The van der Waals surface area contributed by atoms with Gasteiger partial charge in [-0.15, -0.1) is 0 Å². The minimum atomic E-state index is 0.503. The summed E-state index contributed by atoms with van der Waals surface area (Å²) in [6, 6.07) is 20.4. The molecule has 0 atom stereocenters. The first-order valence-electron chi connectivity index (χ1n) is 8.72. The van der Waals surface area contributed by atoms with Gasteiger partial charge in [0.1, 0.15) is 6.61 Å². The number of hydrogen-bond acceptors (Lipinski definition) is 3. The highest BCUT2D eigenvalue weighted by molar-refractivity contribution is 14.1. The first kappa shape index (κ1) is 19.4. The lowest BCUT2D eigenvalue weighted by molar-refractivity contribution is 0.282. The van der Waals surface area contributed by atoms with E-state index < -0.39 is 0 Å². The minimum absolute atomic E-state index is 0.503. The molecule has 3 nitrogen and oxygen atoms in total. The van der Waals surface area contributed by atoms with Gasteiger partial charge in [0.25, 0.3) is 0 Å². The largest absolute Gasteiger partial charge is 0.493 e. The van der Waals surface area contributed by atoms with Crippen molar-refractivity contribution in [3.05, 3.63) is 86.5 Å². The number of nitrogens with zero attached hydrogens (tertiary/aromatic N) is 1. The van der Waals surface area contributed by atoms with E-state index in [2.05, 4.69) is 65.7 Å². The van der Waals surface area contributed by atoms with E-state index in [0.29, 0.717) is 12.4 Å². The van der Waals surface area contributed by atoms with E-state index in [1.807, 2.05) is 42.6 Å². The fourth-order valence-electron chi connectivity index (χ4n) is 2.69. The third-order valence-electron chi connectivity index (χ3n) is 4.20. The molecule has 0 spiro atoms. The Morgan fingerprint density at radius 3 is 2.52 bits per heavy atom. The fraction of sp³-hybridized carbons (Fsp3) is 0.174. The van der Waals surface area contributed by atoms with Crippen molar-refractivity contribution in [2.24, 2.45) is 4.99 Å². The van der Waals surface area contributed by atoms with E-state index >= 15 is 0 Å². The first-order valence-corrected chi connectivity index (χ1v) is 9.80. The quantitative estimate of drug-likeness (QED) is 0.315. The Balaban J connectivity index is 1.83. The van der Waals surface area contributed by atoms with Crippen LogP contribution in [0.5, 0.6) is 11.5 Å². The smallest absolute Gasteiger partial charge is 0.174 e. The van der Waals surface area contributed by atoms with Crippen LogP contribution in [0.25, 0.3) is 0 Å². The van der Waals surface area contributed by atoms with Crippen LogP contribution in [0.1, 0.15) is 22.3 Å². The number of halogens is 1. The number of methoxy groups -OCH3 is 1. The van der Waals surface area contributed by atoms with Crippen molar-refractivity contribution >= 4 is 34.5 Å². The Kier molecular flexibility index (Phi) is 6.50. The van der Waals surface area contributed by atoms with Crippen LogP contribution < -0.4 is 9.47 Å². The zero-order valence-electron chi connectivity index (χ0n) is 15.7. The predicted octanol–water partition coefficient (Wildman–Crippen LogP) is 6.25. The van der Waals surface area contributed by atoms with E-state index in [1.54, 1.807) is 7.11 Å². The monoisotopic (exact) mass is 471 g/mol. The molecule has 0 saturated heterocycles. The third kappa shape index (κ3) is 5.10. The molecule has 0 fully saturated rings. The summed E-state index contributed by atoms with van der Waals surface area (Å²) >= 11 is 2.28. The van der Waals surface area contributed by atoms with Gasteiger partial charge in [-0.2, -0.15) is 0 Å². The highest BCUT2D eigenvalue weighted by atomic mass is 127. The average Bonchev–Trinajstić information content (AvgIpc) is 2.68. The standard InChI is InChI=1S/C23H22INO2/c1-16-9-10-17(2)21(11-16)25-14-19-12-20(24)23(22(13-19)26-3)27-15-18-7-5-4-6-8-18/h4-14H,15H2,1-3H3. The number of hydrogen-bond donors (Lipinski definition) is 0. The Bertz CT molecular complexity index is 952. The zero-order valence-corrected chi connectivity index (χ0v) is 17.9. The summed E-state index contributed by atoms with van der Waals surface area (Å²) in [4.78, 5) is 4.65. The molecule has 0 amide bonds. The van der Waals surface area contributed by atoms with Gasteiger partial charge in [0.2, 0.25) is 0 Å². The van der Waals surface area contributed by atoms with Gasteiger partial charge >= 0.3 is 0 Å². The van der Waals surface area contributed by atoms with E-state index in [4.69, 9.17) is 9.47 Å². The molecular formula is C23H22INO2. The van der Waals surface area contributed by atoms with Crippen LogP contribution >= 0.6 is 22.6 Å². The van der Waals surface area contributed by atoms with Gasteiger partial charge in [-0.25, -0.2) is 0 Å². The molecule has 3 rings (SSSR count). The van der Waals surface area contributed by atoms with Crippen molar-refractivity contribution < 1.29 is 9.47 Å². The zero-order chi connectivity index (χ0) is 19.2. The van der Waals surface area contributed by atoms with Crippen LogP contribution in [0.15, 0.2) is 65.7 Å². The molecule has 0 aromatic heterocycles. The van der Waals surface area contributed by atoms with Gasteiger partial charge < -0.3 is 9.47 Å². The predicted molar refractivity (Wildman–Crippen MR) is 120 cm³/mol. The van der Waals surface area contributed by atoms with Gasteiger partial charge in [-0.3, -0.25) is 4.99 Å². The van der Waals surface area contributed by atoms with Gasteiger partial charge in [0.05, 0.1) is 16.4 Å². The van der Waals surface area contributed by atoms with Crippen LogP contribution in [0, 0.1) is 17.4 Å². The van der Waals surface area contributed by atoms with Crippen molar-refractivity contribution in [2.45, 2.75) is 20.5 Å². The summed E-state index contributed by atoms with van der Waals surface area (Å²) in [5.41, 5.74) is 5.43. The second-order valence-corrected chi connectivity index (χ2v) is 7.52. The van der Waals surface area contributed by atoms with Crippen LogP contribution in [0.2, 0.25) is 0 Å². The number of ether oxygens (including phenoxy) is 2. The highest BCUT2D eigenvalue weighted by Crippen LogP contribution is 2.34. The lowest BCUT2D eigenvalue weighted by Crippen LogP contribution is -2.00. The molecule has 138 valence electrons. The molecule has 0 aliphatic heterocycles. The topological polar surface area (TPSA) is 30.8 Å². The molecule has 3 aromatic rings. The molecule has 0 heterocycles. The maximum atomic E-state index is 6.02. The van der Waals surface area contributed by atoms with Crippen molar-refractivity contribution in [3.63, 3.8) is 0 Å². The van der Waals surface area contributed by atoms with Crippen LogP contribution in [0.3, 0.4) is 0 Å². The SMILES string of the molecule is COc1cc(C=Nc2cc(C)ccc2C)cc(I)c1OCc1ccccc1. The van der Waals surface area contributed by atoms with E-state index in [1.165, 1.54) is 5.56 Å². The molecule has 0 unspecified atom stereocenters. The molecule has 0 bridgehead atoms. The summed E-state index contributed by atoms with van der Waals surface area (Å²) in [6.45, 7) is 4.64.